The first-order chi connectivity index (χ1) is 14.3. The molecule has 0 aliphatic rings. The summed E-state index contributed by atoms with van der Waals surface area (Å²) < 4.78 is 19.9. The highest BCUT2D eigenvalue weighted by molar-refractivity contribution is 9.10. The maximum absolute atomic E-state index is 13.8. The SMILES string of the molecule is CN(C)CC(=O)NCCOc1cc2ncnc(Nc3ccc(Br)c(F)c3)c2cc1N. The average molecular weight is 477 g/mol. The number of benzene rings is 2. The molecule has 8 nitrogen and oxygen atoms in total. The van der Waals surface area contributed by atoms with E-state index in [-0.39, 0.29) is 18.3 Å². The van der Waals surface area contributed by atoms with Crippen molar-refractivity contribution in [1.82, 2.24) is 20.2 Å². The number of fused-ring (bicyclic) bond motifs is 1. The zero-order valence-electron chi connectivity index (χ0n) is 16.6. The average Bonchev–Trinajstić information content (AvgIpc) is 2.68. The van der Waals surface area contributed by atoms with E-state index < -0.39 is 0 Å². The van der Waals surface area contributed by atoms with Crippen molar-refractivity contribution in [3.8, 4) is 5.75 Å². The number of nitrogens with two attached hydrogens (primary N) is 1. The maximum Gasteiger partial charge on any atom is 0.234 e. The van der Waals surface area contributed by atoms with Gasteiger partial charge in [0.1, 0.15) is 30.3 Å². The molecule has 3 aromatic rings. The summed E-state index contributed by atoms with van der Waals surface area (Å²) in [4.78, 5) is 21.9. The number of carbonyl (C=O) groups excluding carboxylic acids is 1. The number of carbonyl (C=O) groups is 1. The quantitative estimate of drug-likeness (QED) is 0.339. The van der Waals surface area contributed by atoms with Gasteiger partial charge in [-0.25, -0.2) is 14.4 Å². The molecule has 30 heavy (non-hydrogen) atoms. The summed E-state index contributed by atoms with van der Waals surface area (Å²) in [6.45, 7) is 0.937. The van der Waals surface area contributed by atoms with Crippen LogP contribution in [0.5, 0.6) is 5.75 Å². The smallest absolute Gasteiger partial charge is 0.234 e. The third-order valence-corrected chi connectivity index (χ3v) is 4.73. The number of nitrogen functional groups attached to an aromatic ring is 1. The van der Waals surface area contributed by atoms with Crippen molar-refractivity contribution in [3.63, 3.8) is 0 Å². The Kier molecular flexibility index (Phi) is 7.01. The second-order valence-electron chi connectivity index (χ2n) is 6.82. The van der Waals surface area contributed by atoms with E-state index in [2.05, 4.69) is 36.5 Å². The normalized spacial score (nSPS) is 11.0. The number of ether oxygens (including phenoxy) is 1. The lowest BCUT2D eigenvalue weighted by molar-refractivity contribution is -0.121. The molecule has 0 radical (unpaired) electrons. The molecule has 1 heterocycles. The number of halogens is 2. The summed E-state index contributed by atoms with van der Waals surface area (Å²) >= 11 is 3.13. The van der Waals surface area contributed by atoms with Crippen molar-refractivity contribution in [1.29, 1.82) is 0 Å². The molecular weight excluding hydrogens is 455 g/mol. The third kappa shape index (κ3) is 5.55. The summed E-state index contributed by atoms with van der Waals surface area (Å²) in [6, 6.07) is 8.11. The highest BCUT2D eigenvalue weighted by Crippen LogP contribution is 2.31. The Morgan fingerprint density at radius 3 is 2.80 bits per heavy atom. The molecule has 0 atom stereocenters. The number of amides is 1. The van der Waals surface area contributed by atoms with Gasteiger partial charge in [0.2, 0.25) is 5.91 Å². The Labute approximate surface area is 181 Å². The van der Waals surface area contributed by atoms with Crippen LogP contribution in [0, 0.1) is 5.82 Å². The molecule has 4 N–H and O–H groups in total. The zero-order chi connectivity index (χ0) is 21.7. The zero-order valence-corrected chi connectivity index (χ0v) is 18.2. The Bertz CT molecular complexity index is 1060. The van der Waals surface area contributed by atoms with Gasteiger partial charge >= 0.3 is 0 Å². The molecule has 10 heteroatoms. The van der Waals surface area contributed by atoms with Gasteiger partial charge in [0.05, 0.1) is 28.8 Å². The van der Waals surface area contributed by atoms with E-state index in [9.17, 15) is 9.18 Å². The second-order valence-corrected chi connectivity index (χ2v) is 7.67. The van der Waals surface area contributed by atoms with E-state index in [1.807, 2.05) is 14.1 Å². The number of nitrogens with zero attached hydrogens (tertiary/aromatic N) is 3. The molecule has 1 amide bonds. The van der Waals surface area contributed by atoms with Crippen molar-refractivity contribution in [2.45, 2.75) is 0 Å². The molecule has 158 valence electrons. The van der Waals surface area contributed by atoms with Crippen LogP contribution in [0.25, 0.3) is 10.9 Å². The molecule has 0 aliphatic heterocycles. The highest BCUT2D eigenvalue weighted by Gasteiger charge is 2.11. The van der Waals surface area contributed by atoms with Crippen molar-refractivity contribution in [2.24, 2.45) is 0 Å². The number of likely N-dealkylation sites (N-methyl/N-ethyl adjacent to an activating group) is 1. The maximum atomic E-state index is 13.8. The summed E-state index contributed by atoms with van der Waals surface area (Å²) in [5.41, 5.74) is 7.70. The van der Waals surface area contributed by atoms with E-state index >= 15 is 0 Å². The minimum absolute atomic E-state index is 0.0806. The first kappa shape index (κ1) is 21.7. The third-order valence-electron chi connectivity index (χ3n) is 4.09. The van der Waals surface area contributed by atoms with Crippen LogP contribution in [0.15, 0.2) is 41.1 Å². The number of nitrogens with one attached hydrogen (secondary N) is 2. The number of anilines is 3. The van der Waals surface area contributed by atoms with Crippen LogP contribution in [0.4, 0.5) is 21.6 Å². The Balaban J connectivity index is 1.71. The Morgan fingerprint density at radius 2 is 2.07 bits per heavy atom. The fourth-order valence-electron chi connectivity index (χ4n) is 2.73. The molecule has 0 saturated carbocycles. The van der Waals surface area contributed by atoms with Crippen LogP contribution < -0.4 is 21.1 Å². The number of hydrogen-bond acceptors (Lipinski definition) is 7. The van der Waals surface area contributed by atoms with Crippen LogP contribution in [-0.4, -0.2) is 54.6 Å². The molecule has 0 bridgehead atoms. The van der Waals surface area contributed by atoms with Crippen molar-refractivity contribution in [3.05, 3.63) is 46.9 Å². The van der Waals surface area contributed by atoms with Gasteiger partial charge in [0.25, 0.3) is 0 Å². The van der Waals surface area contributed by atoms with Gasteiger partial charge in [-0.1, -0.05) is 0 Å². The van der Waals surface area contributed by atoms with Gasteiger partial charge in [0, 0.05) is 17.1 Å². The second kappa shape index (κ2) is 9.68. The summed E-state index contributed by atoms with van der Waals surface area (Å²) in [5, 5.41) is 6.52. The molecule has 0 fully saturated rings. The van der Waals surface area contributed by atoms with E-state index in [0.717, 1.165) is 0 Å². The van der Waals surface area contributed by atoms with Crippen molar-refractivity contribution in [2.75, 3.05) is 44.8 Å². The lowest BCUT2D eigenvalue weighted by atomic mass is 10.2. The highest BCUT2D eigenvalue weighted by atomic mass is 79.9. The Hall–Kier alpha value is -2.98. The van der Waals surface area contributed by atoms with Gasteiger partial charge in [0.15, 0.2) is 0 Å². The molecular formula is C20H22BrFN6O2. The fraction of sp³-hybridized carbons (Fsp3) is 0.250. The van der Waals surface area contributed by atoms with E-state index in [1.54, 1.807) is 29.2 Å². The fourth-order valence-corrected chi connectivity index (χ4v) is 2.98. The lowest BCUT2D eigenvalue weighted by Gasteiger charge is -2.13. The minimum atomic E-state index is -0.383. The number of rotatable bonds is 8. The van der Waals surface area contributed by atoms with Gasteiger partial charge in [-0.3, -0.25) is 4.79 Å². The molecule has 0 spiro atoms. The van der Waals surface area contributed by atoms with E-state index in [1.165, 1.54) is 12.4 Å². The van der Waals surface area contributed by atoms with Gasteiger partial charge in [-0.15, -0.1) is 0 Å². The van der Waals surface area contributed by atoms with Gasteiger partial charge < -0.3 is 26.0 Å². The predicted molar refractivity (Wildman–Crippen MR) is 118 cm³/mol. The largest absolute Gasteiger partial charge is 0.490 e. The first-order valence-corrected chi connectivity index (χ1v) is 9.93. The molecule has 1 aromatic heterocycles. The summed E-state index contributed by atoms with van der Waals surface area (Å²) in [5.74, 6) is 0.494. The molecule has 2 aromatic carbocycles. The molecule has 0 unspecified atom stereocenters. The van der Waals surface area contributed by atoms with E-state index in [4.69, 9.17) is 10.5 Å². The monoisotopic (exact) mass is 476 g/mol. The lowest BCUT2D eigenvalue weighted by Crippen LogP contribution is -2.35. The van der Waals surface area contributed by atoms with Crippen LogP contribution in [0.2, 0.25) is 0 Å². The predicted octanol–water partition coefficient (Wildman–Crippen LogP) is 2.91. The topological polar surface area (TPSA) is 105 Å². The van der Waals surface area contributed by atoms with Crippen molar-refractivity contribution >= 4 is 49.9 Å². The molecule has 0 aliphatic carbocycles. The van der Waals surface area contributed by atoms with Crippen LogP contribution in [-0.2, 0) is 4.79 Å². The van der Waals surface area contributed by atoms with Crippen molar-refractivity contribution < 1.29 is 13.9 Å². The van der Waals surface area contributed by atoms with Gasteiger partial charge in [-0.05, 0) is 54.3 Å². The van der Waals surface area contributed by atoms with Crippen LogP contribution in [0.1, 0.15) is 0 Å². The molecule has 0 saturated heterocycles. The minimum Gasteiger partial charge on any atom is -0.490 e. The first-order valence-electron chi connectivity index (χ1n) is 9.14. The standard InChI is InChI=1S/C20H22BrFN6O2/c1-28(2)10-19(29)24-5-6-30-18-9-17-13(8-16(18)23)20(26-11-25-17)27-12-3-4-14(21)15(22)7-12/h3-4,7-9,11H,5-6,10,23H2,1-2H3,(H,24,29)(H,25,26,27). The number of hydrogen-bond donors (Lipinski definition) is 3. The number of aromatic nitrogens is 2. The molecule has 3 rings (SSSR count). The van der Waals surface area contributed by atoms with Crippen LogP contribution >= 0.6 is 15.9 Å². The summed E-state index contributed by atoms with van der Waals surface area (Å²) in [7, 11) is 3.65. The van der Waals surface area contributed by atoms with Crippen LogP contribution in [0.3, 0.4) is 0 Å². The summed E-state index contributed by atoms with van der Waals surface area (Å²) in [6.07, 6.45) is 1.40. The Morgan fingerprint density at radius 1 is 1.27 bits per heavy atom. The van der Waals surface area contributed by atoms with E-state index in [0.29, 0.717) is 51.4 Å². The van der Waals surface area contributed by atoms with Gasteiger partial charge in [-0.2, -0.15) is 0 Å².